The zero-order valence-electron chi connectivity index (χ0n) is 18.1. The minimum atomic E-state index is -0.630. The molecule has 1 heterocycles. The first-order valence-electron chi connectivity index (χ1n) is 10.5. The molecule has 0 aliphatic rings. The molecular weight excluding hydrogens is 412 g/mol. The molecule has 1 aromatic heterocycles. The fraction of sp³-hybridized carbons (Fsp3) is 0.304. The number of amides is 2. The fourth-order valence-electron chi connectivity index (χ4n) is 3.14. The highest BCUT2D eigenvalue weighted by Gasteiger charge is 2.18. The van der Waals surface area contributed by atoms with Crippen LogP contribution in [0.2, 0.25) is 0 Å². The van der Waals surface area contributed by atoms with Gasteiger partial charge in [0, 0.05) is 18.5 Å². The number of rotatable bonds is 9. The number of hydrogen-bond acceptors (Lipinski definition) is 6. The van der Waals surface area contributed by atoms with Crippen molar-refractivity contribution in [2.45, 2.75) is 26.8 Å². The third-order valence-corrected chi connectivity index (χ3v) is 4.63. The van der Waals surface area contributed by atoms with E-state index in [1.807, 2.05) is 13.8 Å². The topological polar surface area (TPSA) is 112 Å². The molecule has 2 aromatic carbocycles. The van der Waals surface area contributed by atoms with Crippen LogP contribution in [0.25, 0.3) is 10.8 Å². The van der Waals surface area contributed by atoms with Crippen molar-refractivity contribution in [1.82, 2.24) is 20.6 Å². The smallest absolute Gasteiger partial charge is 0.290 e. The van der Waals surface area contributed by atoms with Crippen LogP contribution in [0.15, 0.2) is 53.3 Å². The van der Waals surface area contributed by atoms with Crippen LogP contribution in [0, 0.1) is 0 Å². The van der Waals surface area contributed by atoms with Gasteiger partial charge in [-0.25, -0.2) is 4.68 Å². The Morgan fingerprint density at radius 1 is 0.938 bits per heavy atom. The first-order chi connectivity index (χ1) is 15.6. The maximum atomic E-state index is 12.8. The Bertz CT molecular complexity index is 1160. The van der Waals surface area contributed by atoms with E-state index < -0.39 is 11.8 Å². The second-order valence-corrected chi connectivity index (χ2v) is 6.87. The summed E-state index contributed by atoms with van der Waals surface area (Å²) in [6.45, 7) is 5.44. The van der Waals surface area contributed by atoms with Crippen molar-refractivity contribution in [3.05, 3.63) is 70.1 Å². The molecule has 0 saturated heterocycles. The molecule has 2 amide bonds. The van der Waals surface area contributed by atoms with Crippen molar-refractivity contribution < 1.29 is 19.1 Å². The molecule has 0 fully saturated rings. The molecule has 0 atom stereocenters. The average molecular weight is 438 g/mol. The molecular formula is C23H26N4O5. The van der Waals surface area contributed by atoms with Crippen molar-refractivity contribution in [3.63, 3.8) is 0 Å². The van der Waals surface area contributed by atoms with E-state index in [4.69, 9.17) is 9.47 Å². The normalized spacial score (nSPS) is 10.7. The maximum absolute atomic E-state index is 12.8. The van der Waals surface area contributed by atoms with Crippen molar-refractivity contribution in [2.75, 3.05) is 19.8 Å². The van der Waals surface area contributed by atoms with Crippen LogP contribution in [0.3, 0.4) is 0 Å². The second-order valence-electron chi connectivity index (χ2n) is 6.87. The average Bonchev–Trinajstić information content (AvgIpc) is 2.82. The highest BCUT2D eigenvalue weighted by molar-refractivity contribution is 6.06. The van der Waals surface area contributed by atoms with E-state index in [1.165, 1.54) is 4.68 Å². The Morgan fingerprint density at radius 2 is 1.62 bits per heavy atom. The molecule has 2 N–H and O–H groups in total. The highest BCUT2D eigenvalue weighted by Crippen LogP contribution is 2.18. The summed E-state index contributed by atoms with van der Waals surface area (Å²) in [6.07, 6.45) is 0.684. The minimum Gasteiger partial charge on any atom is -0.490 e. The fourth-order valence-corrected chi connectivity index (χ4v) is 3.14. The van der Waals surface area contributed by atoms with Crippen LogP contribution in [0.1, 0.15) is 41.1 Å². The summed E-state index contributed by atoms with van der Waals surface area (Å²) < 4.78 is 12.1. The molecule has 9 nitrogen and oxygen atoms in total. The van der Waals surface area contributed by atoms with E-state index in [0.717, 1.165) is 0 Å². The molecule has 0 aliphatic carbocycles. The van der Waals surface area contributed by atoms with Crippen molar-refractivity contribution in [3.8, 4) is 5.75 Å². The summed E-state index contributed by atoms with van der Waals surface area (Å²) >= 11 is 0. The summed E-state index contributed by atoms with van der Waals surface area (Å²) in [6, 6.07) is 13.4. The molecule has 0 unspecified atom stereocenters. The Kier molecular flexibility index (Phi) is 7.93. The number of ether oxygens (including phenoxy) is 2. The lowest BCUT2D eigenvalue weighted by molar-refractivity contribution is 0.0837. The lowest BCUT2D eigenvalue weighted by atomic mass is 10.1. The third kappa shape index (κ3) is 5.30. The molecule has 0 radical (unpaired) electrons. The maximum Gasteiger partial charge on any atom is 0.290 e. The molecule has 0 spiro atoms. The van der Waals surface area contributed by atoms with Gasteiger partial charge in [-0.1, -0.05) is 37.3 Å². The number of carbonyl (C=O) groups is 2. The van der Waals surface area contributed by atoms with Crippen molar-refractivity contribution >= 4 is 22.6 Å². The van der Waals surface area contributed by atoms with E-state index in [2.05, 4.69) is 16.0 Å². The number of benzene rings is 2. The van der Waals surface area contributed by atoms with E-state index in [-0.39, 0.29) is 16.8 Å². The van der Waals surface area contributed by atoms with Gasteiger partial charge < -0.3 is 9.47 Å². The predicted molar refractivity (Wildman–Crippen MR) is 120 cm³/mol. The second kappa shape index (κ2) is 11.1. The number of nitrogens with one attached hydrogen (secondary N) is 2. The summed E-state index contributed by atoms with van der Waals surface area (Å²) in [7, 11) is 0. The number of aryl methyl sites for hydroxylation is 1. The molecule has 32 heavy (non-hydrogen) atoms. The van der Waals surface area contributed by atoms with Gasteiger partial charge in [0.05, 0.1) is 17.6 Å². The van der Waals surface area contributed by atoms with Gasteiger partial charge >= 0.3 is 0 Å². The van der Waals surface area contributed by atoms with Gasteiger partial charge in [-0.3, -0.25) is 25.2 Å². The van der Waals surface area contributed by atoms with E-state index in [9.17, 15) is 14.4 Å². The predicted octanol–water partition coefficient (Wildman–Crippen LogP) is 2.30. The molecule has 0 saturated carbocycles. The number of hydrazine groups is 1. The van der Waals surface area contributed by atoms with Gasteiger partial charge in [-0.2, -0.15) is 5.10 Å². The molecule has 0 bridgehead atoms. The van der Waals surface area contributed by atoms with Gasteiger partial charge in [0.15, 0.2) is 5.69 Å². The first kappa shape index (κ1) is 23.0. The van der Waals surface area contributed by atoms with Gasteiger partial charge in [-0.15, -0.1) is 0 Å². The van der Waals surface area contributed by atoms with E-state index >= 15 is 0 Å². The zero-order chi connectivity index (χ0) is 22.9. The Hall–Kier alpha value is -3.72. The SMILES string of the molecule is CCCn1nc(C(=O)NNC(=O)c2ccccc2OCCOCC)c2ccccc2c1=O. The number of hydrogen-bond donors (Lipinski definition) is 2. The highest BCUT2D eigenvalue weighted by atomic mass is 16.5. The van der Waals surface area contributed by atoms with Crippen molar-refractivity contribution in [1.29, 1.82) is 0 Å². The van der Waals surface area contributed by atoms with Gasteiger partial charge in [-0.05, 0) is 31.5 Å². The zero-order valence-corrected chi connectivity index (χ0v) is 18.1. The Labute approximate surface area is 185 Å². The first-order valence-corrected chi connectivity index (χ1v) is 10.5. The van der Waals surface area contributed by atoms with Crippen LogP contribution in [-0.2, 0) is 11.3 Å². The molecule has 168 valence electrons. The quantitative estimate of drug-likeness (QED) is 0.392. The number of para-hydroxylation sites is 1. The Balaban J connectivity index is 1.77. The van der Waals surface area contributed by atoms with Crippen LogP contribution < -0.4 is 21.1 Å². The van der Waals surface area contributed by atoms with Crippen LogP contribution in [0.5, 0.6) is 5.75 Å². The van der Waals surface area contributed by atoms with E-state index in [1.54, 1.807) is 48.5 Å². The van der Waals surface area contributed by atoms with Gasteiger partial charge in [0.25, 0.3) is 17.4 Å². The molecule has 3 aromatic rings. The molecule has 9 heteroatoms. The van der Waals surface area contributed by atoms with Gasteiger partial charge in [0.2, 0.25) is 0 Å². The lowest BCUT2D eigenvalue weighted by Crippen LogP contribution is -2.43. The van der Waals surface area contributed by atoms with Gasteiger partial charge in [0.1, 0.15) is 12.4 Å². The summed E-state index contributed by atoms with van der Waals surface area (Å²) in [5.41, 5.74) is 4.83. The Morgan fingerprint density at radius 3 is 2.38 bits per heavy atom. The standard InChI is InChI=1S/C23H26N4O5/c1-3-13-27-23(30)17-10-6-5-9-16(17)20(26-27)22(29)25-24-21(28)18-11-7-8-12-19(18)32-15-14-31-4-2/h5-12H,3-4,13-15H2,1-2H3,(H,24,28)(H,25,29). The van der Waals surface area contributed by atoms with Crippen LogP contribution in [-0.4, -0.2) is 41.4 Å². The number of fused-ring (bicyclic) bond motifs is 1. The number of aromatic nitrogens is 2. The number of carbonyl (C=O) groups excluding carboxylic acids is 2. The van der Waals surface area contributed by atoms with Crippen molar-refractivity contribution in [2.24, 2.45) is 0 Å². The molecule has 0 aliphatic heterocycles. The monoisotopic (exact) mass is 438 g/mol. The van der Waals surface area contributed by atoms with Crippen LogP contribution >= 0.6 is 0 Å². The third-order valence-electron chi connectivity index (χ3n) is 4.63. The molecule has 3 rings (SSSR count). The summed E-state index contributed by atoms with van der Waals surface area (Å²) in [4.78, 5) is 38.1. The lowest BCUT2D eigenvalue weighted by Gasteiger charge is -2.13. The van der Waals surface area contributed by atoms with Crippen LogP contribution in [0.4, 0.5) is 0 Å². The summed E-state index contributed by atoms with van der Waals surface area (Å²) in [5, 5.41) is 5.02. The number of nitrogens with zero attached hydrogens (tertiary/aromatic N) is 2. The summed E-state index contributed by atoms with van der Waals surface area (Å²) in [5.74, 6) is -0.801. The van der Waals surface area contributed by atoms with E-state index in [0.29, 0.717) is 49.3 Å². The largest absolute Gasteiger partial charge is 0.490 e. The minimum absolute atomic E-state index is 0.0511.